The predicted octanol–water partition coefficient (Wildman–Crippen LogP) is 2.25. The first kappa shape index (κ1) is 22.7. The largest absolute Gasteiger partial charge is 0.393 e. The normalized spacial score (nSPS) is 47.4. The molecule has 3 saturated carbocycles. The Hall–Kier alpha value is -1.08. The summed E-state index contributed by atoms with van der Waals surface area (Å²) >= 11 is 0. The average molecular weight is 446 g/mol. The number of Topliss-reactive ketones (excluding diaryl/α,β-unsaturated/α-hetero) is 1. The maximum atomic E-state index is 13.4. The highest BCUT2D eigenvalue weighted by Crippen LogP contribution is 2.67. The standard InChI is InChI=1S/C26H39NO5/c1-24-14-17(29)3-4-19(24)22(30)13-21-18(24)5-9-25(2)20(6-10-26(21,25)32)23(31)15-27-11-7-16(28)8-12-27/h13,16-20,28-29,32H,3-12,14-15H2,1-2H3/t17?,18?,19?,20?,24?,25?,26-/m1/s1. The molecule has 0 spiro atoms. The van der Waals surface area contributed by atoms with Gasteiger partial charge in [0.15, 0.2) is 11.6 Å². The molecule has 6 nitrogen and oxygen atoms in total. The molecule has 5 aliphatic rings. The van der Waals surface area contributed by atoms with E-state index in [2.05, 4.69) is 18.7 Å². The van der Waals surface area contributed by atoms with Gasteiger partial charge in [-0.1, -0.05) is 13.8 Å². The van der Waals surface area contributed by atoms with Gasteiger partial charge in [0, 0.05) is 30.3 Å². The molecule has 0 radical (unpaired) electrons. The number of nitrogens with zero attached hydrogens (tertiary/aromatic N) is 1. The zero-order chi connectivity index (χ0) is 22.9. The molecular formula is C26H39NO5. The third-order valence-electron chi connectivity index (χ3n) is 10.3. The van der Waals surface area contributed by atoms with E-state index in [4.69, 9.17) is 0 Å². The summed E-state index contributed by atoms with van der Waals surface area (Å²) in [5.74, 6) is 0.110. The van der Waals surface area contributed by atoms with Crippen LogP contribution in [0.2, 0.25) is 0 Å². The summed E-state index contributed by atoms with van der Waals surface area (Å²) in [6.45, 7) is 6.07. The van der Waals surface area contributed by atoms with Gasteiger partial charge in [0.2, 0.25) is 0 Å². The Kier molecular flexibility index (Phi) is 5.48. The highest BCUT2D eigenvalue weighted by atomic mass is 16.3. The fraction of sp³-hybridized carbons (Fsp3) is 0.846. The van der Waals surface area contributed by atoms with Gasteiger partial charge in [0.25, 0.3) is 0 Å². The van der Waals surface area contributed by atoms with Gasteiger partial charge in [-0.05, 0) is 80.8 Å². The van der Waals surface area contributed by atoms with Crippen molar-refractivity contribution in [2.75, 3.05) is 19.6 Å². The number of allylic oxidation sites excluding steroid dienone is 1. The van der Waals surface area contributed by atoms with Crippen molar-refractivity contribution in [3.05, 3.63) is 11.6 Å². The van der Waals surface area contributed by atoms with Crippen molar-refractivity contribution < 1.29 is 24.9 Å². The van der Waals surface area contributed by atoms with Gasteiger partial charge in [0.1, 0.15) is 0 Å². The van der Waals surface area contributed by atoms with Crippen LogP contribution in [0.15, 0.2) is 11.6 Å². The first-order valence-electron chi connectivity index (χ1n) is 12.7. The molecule has 4 aliphatic carbocycles. The van der Waals surface area contributed by atoms with E-state index in [1.807, 2.05) is 0 Å². The summed E-state index contributed by atoms with van der Waals surface area (Å²) < 4.78 is 0. The first-order chi connectivity index (χ1) is 15.1. The fourth-order valence-corrected chi connectivity index (χ4v) is 8.36. The average Bonchev–Trinajstić information content (AvgIpc) is 3.01. The highest BCUT2D eigenvalue weighted by molar-refractivity contribution is 5.95. The second-order valence-corrected chi connectivity index (χ2v) is 11.9. The summed E-state index contributed by atoms with van der Waals surface area (Å²) in [6.07, 6.45) is 7.34. The number of aliphatic hydroxyl groups is 3. The number of piperidine rings is 1. The molecule has 178 valence electrons. The SMILES string of the molecule is CC12CC(O)CCC1C(=O)C=C1C2CCC2(C)C(C(=O)CN3CCC(O)CC3)CC[C@@]12O. The molecule has 1 saturated heterocycles. The number of aliphatic hydroxyl groups excluding tert-OH is 2. The summed E-state index contributed by atoms with van der Waals surface area (Å²) in [6, 6.07) is 0. The van der Waals surface area contributed by atoms with Crippen molar-refractivity contribution in [3.63, 3.8) is 0 Å². The third kappa shape index (κ3) is 3.20. The second kappa shape index (κ2) is 7.72. The van der Waals surface area contributed by atoms with Crippen molar-refractivity contribution in [2.45, 2.75) is 89.4 Å². The quantitative estimate of drug-likeness (QED) is 0.616. The number of hydrogen-bond donors (Lipinski definition) is 3. The summed E-state index contributed by atoms with van der Waals surface area (Å²) in [5, 5.41) is 32.3. The minimum Gasteiger partial charge on any atom is -0.393 e. The second-order valence-electron chi connectivity index (χ2n) is 11.9. The lowest BCUT2D eigenvalue weighted by molar-refractivity contribution is -0.145. The van der Waals surface area contributed by atoms with Crippen molar-refractivity contribution in [2.24, 2.45) is 28.6 Å². The lowest BCUT2D eigenvalue weighted by Crippen LogP contribution is -2.60. The Morgan fingerprint density at radius 2 is 1.72 bits per heavy atom. The van der Waals surface area contributed by atoms with E-state index < -0.39 is 11.0 Å². The number of carbonyl (C=O) groups excluding carboxylic acids is 2. The minimum absolute atomic E-state index is 0.0686. The van der Waals surface area contributed by atoms with E-state index in [1.165, 1.54) is 0 Å². The van der Waals surface area contributed by atoms with Crippen molar-refractivity contribution >= 4 is 11.6 Å². The van der Waals surface area contributed by atoms with Crippen LogP contribution in [0.5, 0.6) is 0 Å². The first-order valence-corrected chi connectivity index (χ1v) is 12.7. The Morgan fingerprint density at radius 1 is 1.00 bits per heavy atom. The van der Waals surface area contributed by atoms with Gasteiger partial charge in [-0.2, -0.15) is 0 Å². The monoisotopic (exact) mass is 445 g/mol. The molecule has 6 heteroatoms. The number of rotatable bonds is 3. The molecule has 5 rings (SSSR count). The van der Waals surface area contributed by atoms with E-state index in [0.717, 1.165) is 37.9 Å². The molecule has 6 unspecified atom stereocenters. The smallest absolute Gasteiger partial charge is 0.159 e. The Labute approximate surface area is 191 Å². The summed E-state index contributed by atoms with van der Waals surface area (Å²) in [5.41, 5.74) is -1.15. The van der Waals surface area contributed by atoms with E-state index in [0.29, 0.717) is 45.1 Å². The van der Waals surface area contributed by atoms with Gasteiger partial charge in [-0.25, -0.2) is 0 Å². The molecule has 32 heavy (non-hydrogen) atoms. The van der Waals surface area contributed by atoms with Gasteiger partial charge < -0.3 is 15.3 Å². The van der Waals surface area contributed by atoms with Crippen LogP contribution in [0, 0.1) is 28.6 Å². The van der Waals surface area contributed by atoms with Crippen LogP contribution < -0.4 is 0 Å². The molecular weight excluding hydrogens is 406 g/mol. The van der Waals surface area contributed by atoms with E-state index in [9.17, 15) is 24.9 Å². The third-order valence-corrected chi connectivity index (χ3v) is 10.3. The Bertz CT molecular complexity index is 832. The zero-order valence-electron chi connectivity index (χ0n) is 19.6. The molecule has 0 bridgehead atoms. The van der Waals surface area contributed by atoms with Gasteiger partial charge in [0.05, 0.1) is 24.4 Å². The van der Waals surface area contributed by atoms with Crippen LogP contribution in [-0.2, 0) is 9.59 Å². The lowest BCUT2D eigenvalue weighted by atomic mass is 9.46. The topological polar surface area (TPSA) is 98.1 Å². The molecule has 0 aromatic heterocycles. The number of ketones is 2. The molecule has 7 atom stereocenters. The van der Waals surface area contributed by atoms with E-state index in [-0.39, 0.29) is 46.9 Å². The maximum Gasteiger partial charge on any atom is 0.159 e. The van der Waals surface area contributed by atoms with Crippen LogP contribution in [0.3, 0.4) is 0 Å². The lowest BCUT2D eigenvalue weighted by Gasteiger charge is -2.59. The van der Waals surface area contributed by atoms with Crippen LogP contribution in [0.1, 0.15) is 71.6 Å². The summed E-state index contributed by atoms with van der Waals surface area (Å²) in [4.78, 5) is 28.7. The highest BCUT2D eigenvalue weighted by Gasteiger charge is 2.66. The molecule has 0 aromatic rings. The van der Waals surface area contributed by atoms with Crippen LogP contribution in [0.25, 0.3) is 0 Å². The van der Waals surface area contributed by atoms with Gasteiger partial charge in [-0.15, -0.1) is 0 Å². The number of hydrogen-bond acceptors (Lipinski definition) is 6. The van der Waals surface area contributed by atoms with E-state index >= 15 is 0 Å². The van der Waals surface area contributed by atoms with Crippen LogP contribution in [-0.4, -0.2) is 69.2 Å². The van der Waals surface area contributed by atoms with Crippen molar-refractivity contribution in [1.82, 2.24) is 4.90 Å². The molecule has 4 fully saturated rings. The predicted molar refractivity (Wildman–Crippen MR) is 120 cm³/mol. The zero-order valence-corrected chi connectivity index (χ0v) is 19.6. The number of fused-ring (bicyclic) bond motifs is 5. The Morgan fingerprint density at radius 3 is 2.44 bits per heavy atom. The van der Waals surface area contributed by atoms with Crippen molar-refractivity contribution in [1.29, 1.82) is 0 Å². The van der Waals surface area contributed by atoms with Crippen LogP contribution >= 0.6 is 0 Å². The molecule has 3 N–H and O–H groups in total. The van der Waals surface area contributed by atoms with Crippen LogP contribution in [0.4, 0.5) is 0 Å². The molecule has 0 aromatic carbocycles. The summed E-state index contributed by atoms with van der Waals surface area (Å²) in [7, 11) is 0. The van der Waals surface area contributed by atoms with Crippen molar-refractivity contribution in [3.8, 4) is 0 Å². The number of carbonyl (C=O) groups is 2. The minimum atomic E-state index is -1.12. The molecule has 1 heterocycles. The maximum absolute atomic E-state index is 13.4. The molecule has 1 aliphatic heterocycles. The molecule has 0 amide bonds. The van der Waals surface area contributed by atoms with Gasteiger partial charge >= 0.3 is 0 Å². The van der Waals surface area contributed by atoms with E-state index in [1.54, 1.807) is 6.08 Å². The fourth-order valence-electron chi connectivity index (χ4n) is 8.36. The number of likely N-dealkylation sites (tertiary alicyclic amines) is 1. The van der Waals surface area contributed by atoms with Gasteiger partial charge in [-0.3, -0.25) is 14.5 Å². The Balaban J connectivity index is 1.41.